The predicted octanol–water partition coefficient (Wildman–Crippen LogP) is 4.58. The average molecular weight is 210 g/mol. The van der Waals surface area contributed by atoms with Crippen molar-refractivity contribution >= 4 is 11.4 Å². The van der Waals surface area contributed by atoms with Crippen molar-refractivity contribution < 1.29 is 0 Å². The monoisotopic (exact) mass is 210 g/mol. The lowest BCUT2D eigenvalue weighted by Gasteiger charge is -2.04. The lowest BCUT2D eigenvalue weighted by Crippen LogP contribution is -2.04. The summed E-state index contributed by atoms with van der Waals surface area (Å²) < 4.78 is 0. The number of unbranched alkanes of at least 4 members (excludes halogenated alkanes) is 5. The van der Waals surface area contributed by atoms with Crippen molar-refractivity contribution in [1.82, 2.24) is 0 Å². The Labute approximate surface area is 94.5 Å². The van der Waals surface area contributed by atoms with E-state index in [1.807, 2.05) is 6.92 Å². The molecule has 0 aromatic carbocycles. The van der Waals surface area contributed by atoms with Gasteiger partial charge >= 0.3 is 0 Å². The van der Waals surface area contributed by atoms with Crippen molar-refractivity contribution in [3.8, 4) is 0 Å². The van der Waals surface area contributed by atoms with Gasteiger partial charge in [-0.3, -0.25) is 0 Å². The minimum atomic E-state index is 0.603. The lowest BCUT2D eigenvalue weighted by molar-refractivity contribution is 0.614. The summed E-state index contributed by atoms with van der Waals surface area (Å²) >= 11 is 0. The van der Waals surface area contributed by atoms with E-state index in [4.69, 9.17) is 10.8 Å². The first-order valence-electron chi connectivity index (χ1n) is 6.33. The van der Waals surface area contributed by atoms with Crippen molar-refractivity contribution in [1.29, 1.82) is 10.8 Å². The maximum Gasteiger partial charge on any atom is 0.0229 e. The first kappa shape index (κ1) is 14.3. The molecule has 0 aliphatic carbocycles. The van der Waals surface area contributed by atoms with E-state index in [-0.39, 0.29) is 0 Å². The van der Waals surface area contributed by atoms with E-state index in [2.05, 4.69) is 6.92 Å². The minimum Gasteiger partial charge on any atom is -0.309 e. The number of rotatable bonds is 10. The summed E-state index contributed by atoms with van der Waals surface area (Å²) in [4.78, 5) is 0. The van der Waals surface area contributed by atoms with Crippen LogP contribution in [0.5, 0.6) is 0 Å². The van der Waals surface area contributed by atoms with Gasteiger partial charge in [0.15, 0.2) is 0 Å². The quantitative estimate of drug-likeness (QED) is 0.392. The van der Waals surface area contributed by atoms with Crippen LogP contribution in [0.2, 0.25) is 0 Å². The van der Waals surface area contributed by atoms with E-state index in [0.717, 1.165) is 25.0 Å². The van der Waals surface area contributed by atoms with E-state index in [1.165, 1.54) is 32.1 Å². The fourth-order valence-corrected chi connectivity index (χ4v) is 1.59. The van der Waals surface area contributed by atoms with Crippen molar-refractivity contribution in [2.24, 2.45) is 0 Å². The van der Waals surface area contributed by atoms with Gasteiger partial charge in [-0.15, -0.1) is 0 Å². The summed E-state index contributed by atoms with van der Waals surface area (Å²) in [6, 6.07) is 0. The molecule has 0 spiro atoms. The van der Waals surface area contributed by atoms with Gasteiger partial charge < -0.3 is 10.8 Å². The summed E-state index contributed by atoms with van der Waals surface area (Å²) in [6.07, 6.45) is 9.97. The summed E-state index contributed by atoms with van der Waals surface area (Å²) in [5, 5.41) is 15.2. The van der Waals surface area contributed by atoms with E-state index in [1.54, 1.807) is 0 Å². The van der Waals surface area contributed by atoms with Crippen LogP contribution in [0.4, 0.5) is 0 Å². The van der Waals surface area contributed by atoms with Gasteiger partial charge in [0.2, 0.25) is 0 Å². The Hall–Kier alpha value is -0.660. The van der Waals surface area contributed by atoms with Gasteiger partial charge in [0.1, 0.15) is 0 Å². The first-order valence-corrected chi connectivity index (χ1v) is 6.33. The van der Waals surface area contributed by atoms with Gasteiger partial charge in [-0.25, -0.2) is 0 Å². The Morgan fingerprint density at radius 1 is 0.800 bits per heavy atom. The summed E-state index contributed by atoms with van der Waals surface area (Å²) in [6.45, 7) is 4.21. The smallest absolute Gasteiger partial charge is 0.0229 e. The van der Waals surface area contributed by atoms with Crippen molar-refractivity contribution in [2.45, 2.75) is 71.6 Å². The second-order valence-electron chi connectivity index (χ2n) is 4.26. The van der Waals surface area contributed by atoms with Crippen molar-refractivity contribution in [3.63, 3.8) is 0 Å². The Morgan fingerprint density at radius 3 is 2.00 bits per heavy atom. The molecule has 0 aliphatic rings. The molecule has 0 heterocycles. The predicted molar refractivity (Wildman–Crippen MR) is 68.4 cm³/mol. The van der Waals surface area contributed by atoms with Gasteiger partial charge in [0.05, 0.1) is 0 Å². The highest BCUT2D eigenvalue weighted by molar-refractivity contribution is 6.01. The van der Waals surface area contributed by atoms with Crippen molar-refractivity contribution in [2.75, 3.05) is 0 Å². The maximum atomic E-state index is 7.70. The summed E-state index contributed by atoms with van der Waals surface area (Å²) in [5.74, 6) is 0. The van der Waals surface area contributed by atoms with Crippen LogP contribution in [-0.4, -0.2) is 11.4 Å². The molecule has 88 valence electrons. The fourth-order valence-electron chi connectivity index (χ4n) is 1.59. The third kappa shape index (κ3) is 9.64. The molecule has 2 heteroatoms. The molecule has 0 saturated carbocycles. The molecule has 0 saturated heterocycles. The highest BCUT2D eigenvalue weighted by Crippen LogP contribution is 2.08. The van der Waals surface area contributed by atoms with Gasteiger partial charge in [0.25, 0.3) is 0 Å². The van der Waals surface area contributed by atoms with Crippen LogP contribution < -0.4 is 0 Å². The second kappa shape index (κ2) is 9.88. The van der Waals surface area contributed by atoms with Crippen LogP contribution in [0, 0.1) is 10.8 Å². The SMILES string of the molecule is CCCCCCCCC(=N)CC(=N)CC. The third-order valence-electron chi connectivity index (χ3n) is 2.69. The maximum absolute atomic E-state index is 7.70. The highest BCUT2D eigenvalue weighted by Gasteiger charge is 2.00. The van der Waals surface area contributed by atoms with E-state index in [0.29, 0.717) is 12.1 Å². The van der Waals surface area contributed by atoms with Gasteiger partial charge in [-0.2, -0.15) is 0 Å². The fraction of sp³-hybridized carbons (Fsp3) is 0.846. The highest BCUT2D eigenvalue weighted by atomic mass is 14.5. The van der Waals surface area contributed by atoms with Crippen LogP contribution in [-0.2, 0) is 0 Å². The van der Waals surface area contributed by atoms with Crippen molar-refractivity contribution in [3.05, 3.63) is 0 Å². The lowest BCUT2D eigenvalue weighted by atomic mass is 10.0. The molecular formula is C13H26N2. The van der Waals surface area contributed by atoms with Crippen LogP contribution in [0.25, 0.3) is 0 Å². The average Bonchev–Trinajstić information content (AvgIpc) is 2.23. The Morgan fingerprint density at radius 2 is 1.40 bits per heavy atom. The molecular weight excluding hydrogens is 184 g/mol. The number of hydrogen-bond acceptors (Lipinski definition) is 2. The summed E-state index contributed by atoms with van der Waals surface area (Å²) in [7, 11) is 0. The van der Waals surface area contributed by atoms with Gasteiger partial charge in [-0.05, 0) is 19.3 Å². The standard InChI is InChI=1S/C13H26N2/c1-3-5-6-7-8-9-10-13(15)11-12(14)4-2/h14-15H,3-11H2,1-2H3. The molecule has 0 atom stereocenters. The largest absolute Gasteiger partial charge is 0.309 e. The number of nitrogens with one attached hydrogen (secondary N) is 2. The van der Waals surface area contributed by atoms with Gasteiger partial charge in [0, 0.05) is 17.8 Å². The van der Waals surface area contributed by atoms with Crippen LogP contribution in [0.15, 0.2) is 0 Å². The molecule has 0 aromatic heterocycles. The minimum absolute atomic E-state index is 0.603. The Balaban J connectivity index is 3.28. The summed E-state index contributed by atoms with van der Waals surface area (Å²) in [5.41, 5.74) is 1.45. The molecule has 0 aliphatic heterocycles. The van der Waals surface area contributed by atoms with Crippen LogP contribution in [0.1, 0.15) is 71.6 Å². The van der Waals surface area contributed by atoms with E-state index < -0.39 is 0 Å². The molecule has 0 radical (unpaired) electrons. The molecule has 0 unspecified atom stereocenters. The normalized spacial score (nSPS) is 10.3. The van der Waals surface area contributed by atoms with E-state index >= 15 is 0 Å². The molecule has 0 fully saturated rings. The van der Waals surface area contributed by atoms with Crippen LogP contribution >= 0.6 is 0 Å². The topological polar surface area (TPSA) is 47.7 Å². The zero-order valence-electron chi connectivity index (χ0n) is 10.4. The molecule has 0 amide bonds. The third-order valence-corrected chi connectivity index (χ3v) is 2.69. The molecule has 2 N–H and O–H groups in total. The zero-order chi connectivity index (χ0) is 11.5. The Bertz CT molecular complexity index is 185. The van der Waals surface area contributed by atoms with Crippen LogP contribution in [0.3, 0.4) is 0 Å². The molecule has 2 nitrogen and oxygen atoms in total. The molecule has 0 rings (SSSR count). The Kier molecular flexibility index (Phi) is 9.44. The second-order valence-corrected chi connectivity index (χ2v) is 4.26. The zero-order valence-corrected chi connectivity index (χ0v) is 10.4. The first-order chi connectivity index (χ1) is 7.20. The molecule has 0 aromatic rings. The molecule has 0 bridgehead atoms. The van der Waals surface area contributed by atoms with Gasteiger partial charge in [-0.1, -0.05) is 46.0 Å². The van der Waals surface area contributed by atoms with E-state index in [9.17, 15) is 0 Å². The number of hydrogen-bond donors (Lipinski definition) is 2. The molecule has 15 heavy (non-hydrogen) atoms.